The molecule has 0 saturated carbocycles. The Morgan fingerprint density at radius 1 is 1.20 bits per heavy atom. The zero-order valence-corrected chi connectivity index (χ0v) is 14.4. The fourth-order valence-electron chi connectivity index (χ4n) is 2.51. The Morgan fingerprint density at radius 2 is 1.96 bits per heavy atom. The lowest BCUT2D eigenvalue weighted by atomic mass is 10.2. The van der Waals surface area contributed by atoms with Gasteiger partial charge in [-0.15, -0.1) is 11.3 Å². The fourth-order valence-corrected chi connectivity index (χ4v) is 3.35. The number of thiazole rings is 1. The molecule has 25 heavy (non-hydrogen) atoms. The third-order valence-corrected chi connectivity index (χ3v) is 4.84. The summed E-state index contributed by atoms with van der Waals surface area (Å²) in [5.41, 5.74) is 2.12. The van der Waals surface area contributed by atoms with Crippen molar-refractivity contribution in [1.82, 2.24) is 14.9 Å². The largest absolute Gasteiger partial charge is 0.477 e. The molecule has 0 aliphatic carbocycles. The van der Waals surface area contributed by atoms with Crippen molar-refractivity contribution in [3.05, 3.63) is 75.5 Å². The van der Waals surface area contributed by atoms with Gasteiger partial charge in [-0.05, 0) is 24.6 Å². The number of rotatable bonds is 6. The van der Waals surface area contributed by atoms with E-state index in [0.717, 1.165) is 16.9 Å². The Hall–Kier alpha value is -2.93. The summed E-state index contributed by atoms with van der Waals surface area (Å²) >= 11 is 1.08. The highest BCUT2D eigenvalue weighted by molar-refractivity contribution is 7.13. The first-order valence-electron chi connectivity index (χ1n) is 7.71. The zero-order valence-electron chi connectivity index (χ0n) is 13.6. The predicted molar refractivity (Wildman–Crippen MR) is 95.0 cm³/mol. The first kappa shape index (κ1) is 16.9. The van der Waals surface area contributed by atoms with E-state index in [2.05, 4.69) is 10.3 Å². The average Bonchev–Trinajstić information content (AvgIpc) is 3.20. The van der Waals surface area contributed by atoms with Crippen molar-refractivity contribution in [1.29, 1.82) is 0 Å². The maximum absolute atomic E-state index is 12.4. The molecule has 128 valence electrons. The molecule has 0 unspecified atom stereocenters. The summed E-state index contributed by atoms with van der Waals surface area (Å²) in [5, 5.41) is 12.4. The standard InChI is InChI=1S/C18H17N3O3S/c1-12-16(18(23)24)25-15(20-12)10-19-17(22)14-8-5-9-21(14)11-13-6-3-2-4-7-13/h2-9H,10-11H2,1H3,(H,19,22)(H,23,24). The molecule has 2 aromatic heterocycles. The maximum atomic E-state index is 12.4. The van der Waals surface area contributed by atoms with Crippen LogP contribution in [-0.4, -0.2) is 26.5 Å². The molecule has 2 N–H and O–H groups in total. The van der Waals surface area contributed by atoms with E-state index in [0.29, 0.717) is 22.9 Å². The smallest absolute Gasteiger partial charge is 0.347 e. The second kappa shape index (κ2) is 7.31. The molecule has 0 aliphatic heterocycles. The molecule has 0 saturated heterocycles. The summed E-state index contributed by atoms with van der Waals surface area (Å²) in [6.07, 6.45) is 1.86. The Balaban J connectivity index is 1.67. The van der Waals surface area contributed by atoms with Crippen LogP contribution in [0.1, 0.15) is 36.4 Å². The number of nitrogens with one attached hydrogen (secondary N) is 1. The first-order valence-corrected chi connectivity index (χ1v) is 8.53. The lowest BCUT2D eigenvalue weighted by molar-refractivity contribution is 0.0701. The minimum absolute atomic E-state index is 0.203. The van der Waals surface area contributed by atoms with Gasteiger partial charge in [0.15, 0.2) is 0 Å². The number of aryl methyl sites for hydroxylation is 1. The van der Waals surface area contributed by atoms with Gasteiger partial charge < -0.3 is 15.0 Å². The number of aromatic carboxylic acids is 1. The van der Waals surface area contributed by atoms with Crippen LogP contribution in [0.5, 0.6) is 0 Å². The number of hydrogen-bond acceptors (Lipinski definition) is 4. The van der Waals surface area contributed by atoms with Gasteiger partial charge in [0.05, 0.1) is 12.2 Å². The number of carboxylic acids is 1. The molecule has 0 atom stereocenters. The summed E-state index contributed by atoms with van der Waals surface area (Å²) in [6.45, 7) is 2.46. The average molecular weight is 355 g/mol. The SMILES string of the molecule is Cc1nc(CNC(=O)c2cccn2Cc2ccccc2)sc1C(=O)O. The summed E-state index contributed by atoms with van der Waals surface area (Å²) in [4.78, 5) is 27.9. The highest BCUT2D eigenvalue weighted by Gasteiger charge is 2.16. The maximum Gasteiger partial charge on any atom is 0.347 e. The van der Waals surface area contributed by atoms with Gasteiger partial charge in [0.2, 0.25) is 0 Å². The summed E-state index contributed by atoms with van der Waals surface area (Å²) in [6, 6.07) is 13.5. The van der Waals surface area contributed by atoms with Crippen molar-refractivity contribution in [2.24, 2.45) is 0 Å². The van der Waals surface area contributed by atoms with E-state index in [9.17, 15) is 9.59 Å². The van der Waals surface area contributed by atoms with Crippen molar-refractivity contribution < 1.29 is 14.7 Å². The van der Waals surface area contributed by atoms with E-state index >= 15 is 0 Å². The van der Waals surface area contributed by atoms with Crippen LogP contribution in [0.25, 0.3) is 0 Å². The minimum Gasteiger partial charge on any atom is -0.477 e. The third-order valence-electron chi connectivity index (χ3n) is 3.69. The summed E-state index contributed by atoms with van der Waals surface area (Å²) < 4.78 is 1.88. The monoisotopic (exact) mass is 355 g/mol. The fraction of sp³-hybridized carbons (Fsp3) is 0.167. The zero-order chi connectivity index (χ0) is 17.8. The Kier molecular flexibility index (Phi) is 4.95. The van der Waals surface area contributed by atoms with Gasteiger partial charge in [0, 0.05) is 12.7 Å². The Labute approximate surface area is 148 Å². The highest BCUT2D eigenvalue weighted by atomic mass is 32.1. The van der Waals surface area contributed by atoms with Gasteiger partial charge >= 0.3 is 5.97 Å². The molecule has 0 fully saturated rings. The van der Waals surface area contributed by atoms with Crippen molar-refractivity contribution in [3.63, 3.8) is 0 Å². The van der Waals surface area contributed by atoms with Crippen molar-refractivity contribution >= 4 is 23.2 Å². The molecular formula is C18H17N3O3S. The molecule has 0 aliphatic rings. The van der Waals surface area contributed by atoms with Gasteiger partial charge in [0.1, 0.15) is 15.6 Å². The van der Waals surface area contributed by atoms with Crippen molar-refractivity contribution in [2.45, 2.75) is 20.0 Å². The number of nitrogens with zero attached hydrogens (tertiary/aromatic N) is 2. The molecule has 1 amide bonds. The molecule has 0 radical (unpaired) electrons. The number of carboxylic acid groups (broad SMARTS) is 1. The summed E-state index contributed by atoms with van der Waals surface area (Å²) in [5.74, 6) is -1.21. The molecule has 3 aromatic rings. The number of aromatic nitrogens is 2. The van der Waals surface area contributed by atoms with E-state index in [-0.39, 0.29) is 17.3 Å². The van der Waals surface area contributed by atoms with Gasteiger partial charge in [-0.1, -0.05) is 30.3 Å². The second-order valence-electron chi connectivity index (χ2n) is 5.52. The molecule has 0 bridgehead atoms. The number of carbonyl (C=O) groups excluding carboxylic acids is 1. The number of carbonyl (C=O) groups is 2. The molecule has 1 aromatic carbocycles. The molecule has 6 nitrogen and oxygen atoms in total. The summed E-state index contributed by atoms with van der Waals surface area (Å²) in [7, 11) is 0. The van der Waals surface area contributed by atoms with Gasteiger partial charge in [-0.2, -0.15) is 0 Å². The van der Waals surface area contributed by atoms with E-state index in [4.69, 9.17) is 5.11 Å². The number of hydrogen-bond donors (Lipinski definition) is 2. The van der Waals surface area contributed by atoms with Gasteiger partial charge in [-0.3, -0.25) is 4.79 Å². The normalized spacial score (nSPS) is 10.6. The highest BCUT2D eigenvalue weighted by Crippen LogP contribution is 2.18. The van der Waals surface area contributed by atoms with Gasteiger partial charge in [-0.25, -0.2) is 9.78 Å². The molecule has 7 heteroatoms. The molecule has 3 rings (SSSR count). The lowest BCUT2D eigenvalue weighted by Gasteiger charge is -2.09. The number of benzene rings is 1. The topological polar surface area (TPSA) is 84.2 Å². The van der Waals surface area contributed by atoms with Crippen molar-refractivity contribution in [2.75, 3.05) is 0 Å². The third kappa shape index (κ3) is 3.95. The van der Waals surface area contributed by atoms with E-state index in [1.807, 2.05) is 47.2 Å². The van der Waals surface area contributed by atoms with Crippen LogP contribution >= 0.6 is 11.3 Å². The van der Waals surface area contributed by atoms with E-state index in [1.165, 1.54) is 0 Å². The van der Waals surface area contributed by atoms with Gasteiger partial charge in [0.25, 0.3) is 5.91 Å². The number of amides is 1. The quantitative estimate of drug-likeness (QED) is 0.712. The van der Waals surface area contributed by atoms with E-state index < -0.39 is 5.97 Å². The van der Waals surface area contributed by atoms with E-state index in [1.54, 1.807) is 13.0 Å². The minimum atomic E-state index is -0.996. The van der Waals surface area contributed by atoms with Crippen LogP contribution in [0.4, 0.5) is 0 Å². The molecule has 0 spiro atoms. The molecular weight excluding hydrogens is 338 g/mol. The van der Waals surface area contributed by atoms with Crippen LogP contribution in [0, 0.1) is 6.92 Å². The van der Waals surface area contributed by atoms with Crippen LogP contribution < -0.4 is 5.32 Å². The molecule has 2 heterocycles. The Morgan fingerprint density at radius 3 is 2.64 bits per heavy atom. The van der Waals surface area contributed by atoms with Crippen LogP contribution in [0.15, 0.2) is 48.7 Å². The second-order valence-corrected chi connectivity index (χ2v) is 6.60. The Bertz CT molecular complexity index is 899. The van der Waals surface area contributed by atoms with Crippen LogP contribution in [0.3, 0.4) is 0 Å². The van der Waals surface area contributed by atoms with Crippen molar-refractivity contribution in [3.8, 4) is 0 Å². The predicted octanol–water partition coefficient (Wildman–Crippen LogP) is 2.93. The lowest BCUT2D eigenvalue weighted by Crippen LogP contribution is -2.25. The first-order chi connectivity index (χ1) is 12.0. The van der Waals surface area contributed by atoms with Crippen LogP contribution in [0.2, 0.25) is 0 Å². The van der Waals surface area contributed by atoms with Crippen LogP contribution in [-0.2, 0) is 13.1 Å².